The molecule has 4 nitrogen and oxygen atoms in total. The molecule has 0 saturated carbocycles. The van der Waals surface area contributed by atoms with Crippen LogP contribution in [0.3, 0.4) is 0 Å². The number of esters is 1. The average Bonchev–Trinajstić information content (AvgIpc) is 2.53. The van der Waals surface area contributed by atoms with Gasteiger partial charge in [0.2, 0.25) is 0 Å². The van der Waals surface area contributed by atoms with Gasteiger partial charge in [0, 0.05) is 0 Å². The van der Waals surface area contributed by atoms with Crippen LogP contribution < -0.4 is 0 Å². The van der Waals surface area contributed by atoms with Crippen LogP contribution in [0, 0.1) is 6.92 Å². The number of alkyl halides is 1. The molecule has 0 bridgehead atoms. The summed E-state index contributed by atoms with van der Waals surface area (Å²) in [4.78, 5) is 12.1. The molecule has 2 aromatic rings. The standard InChI is InChI=1S/C18H19IO4/c1-13-5-3-4-6-15(13)17-11-14(9-10-19-22-12-23-19)7-8-16(17)18(20)21-2/h3-8,11H,9-10,12H2,1-2H3. The fourth-order valence-electron chi connectivity index (χ4n) is 2.54. The summed E-state index contributed by atoms with van der Waals surface area (Å²) in [5.41, 5.74) is 4.90. The van der Waals surface area contributed by atoms with Gasteiger partial charge in [0.15, 0.2) is 0 Å². The molecule has 122 valence electrons. The molecule has 1 aliphatic rings. The van der Waals surface area contributed by atoms with E-state index in [0.29, 0.717) is 12.4 Å². The third kappa shape index (κ3) is 3.73. The molecule has 0 unspecified atom stereocenters. The van der Waals surface area contributed by atoms with Crippen LogP contribution in [0.1, 0.15) is 21.5 Å². The second kappa shape index (κ2) is 7.42. The van der Waals surface area contributed by atoms with Gasteiger partial charge in [-0.2, -0.15) is 0 Å². The molecule has 0 amide bonds. The van der Waals surface area contributed by atoms with Crippen LogP contribution in [0.5, 0.6) is 0 Å². The quantitative estimate of drug-likeness (QED) is 0.406. The summed E-state index contributed by atoms with van der Waals surface area (Å²) < 4.78 is 16.8. The van der Waals surface area contributed by atoms with Crippen LogP contribution in [-0.4, -0.2) is 24.3 Å². The number of aryl methyl sites for hydroxylation is 2. The molecular formula is C18H19IO4. The number of rotatable bonds is 5. The first-order valence-corrected chi connectivity index (χ1v) is 10.7. The van der Waals surface area contributed by atoms with E-state index < -0.39 is 20.6 Å². The molecule has 1 aliphatic heterocycles. The van der Waals surface area contributed by atoms with Crippen molar-refractivity contribution in [3.8, 4) is 11.1 Å². The molecule has 1 heterocycles. The zero-order valence-electron chi connectivity index (χ0n) is 13.2. The van der Waals surface area contributed by atoms with E-state index in [1.807, 2.05) is 43.3 Å². The van der Waals surface area contributed by atoms with Crippen LogP contribution in [0.2, 0.25) is 0 Å². The molecule has 0 aliphatic carbocycles. The number of hydrogen-bond acceptors (Lipinski definition) is 4. The first-order valence-electron chi connectivity index (χ1n) is 7.39. The molecule has 0 radical (unpaired) electrons. The third-order valence-corrected chi connectivity index (χ3v) is 7.11. The molecule has 3 rings (SSSR count). The molecule has 5 heteroatoms. The van der Waals surface area contributed by atoms with Gasteiger partial charge in [0.05, 0.1) is 0 Å². The van der Waals surface area contributed by atoms with Crippen LogP contribution in [0.4, 0.5) is 0 Å². The van der Waals surface area contributed by atoms with Crippen molar-refractivity contribution in [1.82, 2.24) is 0 Å². The van der Waals surface area contributed by atoms with Gasteiger partial charge in [-0.25, -0.2) is 0 Å². The summed E-state index contributed by atoms with van der Waals surface area (Å²) in [6.07, 6.45) is 0.908. The van der Waals surface area contributed by atoms with Gasteiger partial charge in [-0.15, -0.1) is 0 Å². The van der Waals surface area contributed by atoms with Gasteiger partial charge < -0.3 is 0 Å². The molecule has 0 N–H and O–H groups in total. The normalized spacial score (nSPS) is 15.1. The van der Waals surface area contributed by atoms with E-state index in [0.717, 1.165) is 27.5 Å². The molecule has 1 saturated heterocycles. The van der Waals surface area contributed by atoms with Gasteiger partial charge in [-0.1, -0.05) is 0 Å². The number of carbonyl (C=O) groups excluding carboxylic acids is 1. The van der Waals surface area contributed by atoms with E-state index in [2.05, 4.69) is 6.07 Å². The summed E-state index contributed by atoms with van der Waals surface area (Å²) in [5.74, 6) is -0.309. The number of halogens is 1. The van der Waals surface area contributed by atoms with Crippen LogP contribution >= 0.6 is 20.6 Å². The van der Waals surface area contributed by atoms with Crippen molar-refractivity contribution in [3.63, 3.8) is 0 Å². The summed E-state index contributed by atoms with van der Waals surface area (Å²) in [6, 6.07) is 14.0. The fraction of sp³-hybridized carbons (Fsp3) is 0.278. The zero-order valence-corrected chi connectivity index (χ0v) is 15.3. The van der Waals surface area contributed by atoms with Crippen molar-refractivity contribution in [2.75, 3.05) is 18.3 Å². The van der Waals surface area contributed by atoms with E-state index in [1.54, 1.807) is 0 Å². The molecular weight excluding hydrogens is 407 g/mol. The Morgan fingerprint density at radius 1 is 1.17 bits per heavy atom. The van der Waals surface area contributed by atoms with Crippen LogP contribution in [0.25, 0.3) is 11.1 Å². The van der Waals surface area contributed by atoms with E-state index in [4.69, 9.17) is 10.9 Å². The SMILES string of the molecule is COC(=O)c1ccc(CCI2OCO2)cc1-c1ccccc1C. The summed E-state index contributed by atoms with van der Waals surface area (Å²) in [7, 11) is 1.41. The number of benzene rings is 2. The predicted octanol–water partition coefficient (Wildman–Crippen LogP) is 4.33. The Morgan fingerprint density at radius 3 is 2.61 bits per heavy atom. The van der Waals surface area contributed by atoms with E-state index in [-0.39, 0.29) is 5.97 Å². The number of ether oxygens (including phenoxy) is 1. The van der Waals surface area contributed by atoms with Crippen molar-refractivity contribution < 1.29 is 15.7 Å². The van der Waals surface area contributed by atoms with Gasteiger partial charge in [-0.05, 0) is 0 Å². The summed E-state index contributed by atoms with van der Waals surface area (Å²) in [6.45, 7) is 2.51. The van der Waals surface area contributed by atoms with Crippen molar-refractivity contribution >= 4 is 26.6 Å². The minimum absolute atomic E-state index is 0.309. The maximum absolute atomic E-state index is 12.1. The first kappa shape index (κ1) is 16.4. The average molecular weight is 426 g/mol. The molecule has 23 heavy (non-hydrogen) atoms. The second-order valence-corrected chi connectivity index (χ2v) is 9.17. The molecule has 2 aromatic carbocycles. The van der Waals surface area contributed by atoms with E-state index in [9.17, 15) is 4.79 Å². The number of methoxy groups -OCH3 is 1. The Bertz CT molecular complexity index is 710. The predicted molar refractivity (Wildman–Crippen MR) is 97.6 cm³/mol. The van der Waals surface area contributed by atoms with Crippen LogP contribution in [-0.2, 0) is 17.3 Å². The summed E-state index contributed by atoms with van der Waals surface area (Å²) in [5, 5.41) is 0. The third-order valence-electron chi connectivity index (χ3n) is 3.79. The number of hydrogen-bond donors (Lipinski definition) is 0. The topological polar surface area (TPSA) is 44.8 Å². The fourth-order valence-corrected chi connectivity index (χ4v) is 4.84. The van der Waals surface area contributed by atoms with Gasteiger partial charge in [0.25, 0.3) is 0 Å². The maximum atomic E-state index is 12.1. The Hall–Kier alpha value is -1.44. The van der Waals surface area contributed by atoms with Gasteiger partial charge >= 0.3 is 144 Å². The Morgan fingerprint density at radius 2 is 1.96 bits per heavy atom. The van der Waals surface area contributed by atoms with Crippen LogP contribution in [0.15, 0.2) is 42.5 Å². The monoisotopic (exact) mass is 426 g/mol. The molecule has 1 fully saturated rings. The van der Waals surface area contributed by atoms with Crippen molar-refractivity contribution in [3.05, 3.63) is 59.2 Å². The Balaban J connectivity index is 1.95. The van der Waals surface area contributed by atoms with Gasteiger partial charge in [0.1, 0.15) is 0 Å². The second-order valence-electron chi connectivity index (χ2n) is 5.24. The molecule has 0 spiro atoms. The Labute approximate surface area is 144 Å². The Kier molecular flexibility index (Phi) is 5.30. The van der Waals surface area contributed by atoms with Crippen molar-refractivity contribution in [2.45, 2.75) is 13.3 Å². The van der Waals surface area contributed by atoms with Crippen molar-refractivity contribution in [1.29, 1.82) is 0 Å². The first-order chi connectivity index (χ1) is 11.2. The minimum atomic E-state index is -1.57. The zero-order chi connectivity index (χ0) is 16.2. The number of carbonyl (C=O) groups is 1. The van der Waals surface area contributed by atoms with Gasteiger partial charge in [-0.3, -0.25) is 0 Å². The summed E-state index contributed by atoms with van der Waals surface area (Å²) >= 11 is -1.57. The van der Waals surface area contributed by atoms with E-state index >= 15 is 0 Å². The molecule has 0 atom stereocenters. The van der Waals surface area contributed by atoms with E-state index in [1.165, 1.54) is 12.7 Å². The molecule has 0 aromatic heterocycles. The van der Waals surface area contributed by atoms with Crippen molar-refractivity contribution in [2.24, 2.45) is 0 Å².